The third kappa shape index (κ3) is 4.18. The number of nitrogens with zero attached hydrogens (tertiary/aromatic N) is 1. The monoisotopic (exact) mass is 507 g/mol. The van der Waals surface area contributed by atoms with Gasteiger partial charge in [0.15, 0.2) is 0 Å². The maximum Gasteiger partial charge on any atom is 0.289 e. The number of ketones is 1. The summed E-state index contributed by atoms with van der Waals surface area (Å²) < 4.78 is 37.0. The zero-order valence-electron chi connectivity index (χ0n) is 20.6. The maximum absolute atomic E-state index is 13.0. The zero-order chi connectivity index (χ0) is 25.7. The van der Waals surface area contributed by atoms with Crippen LogP contribution in [-0.2, 0) is 19.2 Å². The van der Waals surface area contributed by atoms with Gasteiger partial charge in [-0.1, -0.05) is 44.2 Å². The Kier molecular flexibility index (Phi) is 5.92. The van der Waals surface area contributed by atoms with Gasteiger partial charge in [0.1, 0.15) is 17.3 Å². The number of para-hydroxylation sites is 1. The highest BCUT2D eigenvalue weighted by Crippen LogP contribution is 2.64. The highest BCUT2D eigenvalue weighted by Gasteiger charge is 2.65. The smallest absolute Gasteiger partial charge is 0.289 e. The van der Waals surface area contributed by atoms with Gasteiger partial charge in [0, 0.05) is 19.0 Å². The number of rotatable bonds is 7. The molecule has 0 saturated heterocycles. The number of amides is 1. The Balaban J connectivity index is 1.30. The van der Waals surface area contributed by atoms with Gasteiger partial charge >= 0.3 is 0 Å². The van der Waals surface area contributed by atoms with Crippen LogP contribution < -0.4 is 4.74 Å². The van der Waals surface area contributed by atoms with E-state index in [2.05, 4.69) is 0 Å². The van der Waals surface area contributed by atoms with Crippen molar-refractivity contribution in [2.24, 2.45) is 16.7 Å². The first-order valence-corrected chi connectivity index (χ1v) is 13.6. The topological polar surface area (TPSA) is 90.0 Å². The third-order valence-electron chi connectivity index (χ3n) is 8.11. The lowest BCUT2D eigenvalue weighted by Gasteiger charge is -2.36. The molecule has 1 amide bonds. The number of hydroxylamine groups is 2. The van der Waals surface area contributed by atoms with Crippen LogP contribution >= 0.6 is 0 Å². The Morgan fingerprint density at radius 3 is 2.36 bits per heavy atom. The fourth-order valence-corrected chi connectivity index (χ4v) is 7.61. The summed E-state index contributed by atoms with van der Waals surface area (Å²) in [6.45, 7) is 3.93. The molecule has 3 aromatic carbocycles. The average Bonchev–Trinajstić information content (AvgIpc) is 3.17. The number of ether oxygens (including phenoxy) is 1. The molecule has 0 spiro atoms. The lowest BCUT2D eigenvalue weighted by Crippen LogP contribution is -2.44. The van der Waals surface area contributed by atoms with Crippen LogP contribution in [0.2, 0.25) is 0 Å². The Labute approximate surface area is 211 Å². The van der Waals surface area contributed by atoms with Gasteiger partial charge in [0.2, 0.25) is 0 Å². The molecule has 3 aromatic rings. The normalized spacial score (nSPS) is 22.6. The van der Waals surface area contributed by atoms with Crippen LogP contribution in [0, 0.1) is 16.7 Å². The number of fused-ring (bicyclic) bond motifs is 3. The van der Waals surface area contributed by atoms with Crippen molar-refractivity contribution in [2.45, 2.75) is 33.1 Å². The first-order valence-electron chi connectivity index (χ1n) is 12.0. The van der Waals surface area contributed by atoms with Crippen LogP contribution in [0.3, 0.4) is 0 Å². The molecule has 2 fully saturated rings. The Morgan fingerprint density at radius 1 is 1.00 bits per heavy atom. The second kappa shape index (κ2) is 8.71. The molecule has 5 rings (SSSR count). The zero-order valence-corrected chi connectivity index (χ0v) is 21.4. The molecule has 7 nitrogen and oxygen atoms in total. The van der Waals surface area contributed by atoms with E-state index < -0.39 is 32.6 Å². The summed E-state index contributed by atoms with van der Waals surface area (Å²) >= 11 is 0. The van der Waals surface area contributed by atoms with Gasteiger partial charge in [-0.3, -0.25) is 9.59 Å². The van der Waals surface area contributed by atoms with Crippen LogP contribution in [0.4, 0.5) is 0 Å². The van der Waals surface area contributed by atoms with Crippen LogP contribution in [0.15, 0.2) is 66.7 Å². The van der Waals surface area contributed by atoms with Gasteiger partial charge < -0.3 is 4.74 Å². The quantitative estimate of drug-likeness (QED) is 0.400. The van der Waals surface area contributed by atoms with Crippen molar-refractivity contribution in [3.05, 3.63) is 72.3 Å². The summed E-state index contributed by atoms with van der Waals surface area (Å²) in [5, 5.41) is 2.40. The van der Waals surface area contributed by atoms with Crippen LogP contribution in [0.25, 0.3) is 10.8 Å². The standard InChI is InChI=1S/C28H29NO6S/c1-27(2)22-13-14-28(27,25(30)17-22)18-36(32,33)35-29(3)26(31)21-10-9-20-16-24(12-11-19(20)15-21)34-23-7-5-4-6-8-23/h4-12,15-16,22H,13-14,17-18H2,1-3H3. The van der Waals surface area contributed by atoms with E-state index in [9.17, 15) is 18.0 Å². The van der Waals surface area contributed by atoms with E-state index in [-0.39, 0.29) is 17.3 Å². The molecule has 2 atom stereocenters. The van der Waals surface area contributed by atoms with Crippen LogP contribution in [0.1, 0.15) is 43.5 Å². The number of hydrogen-bond acceptors (Lipinski definition) is 6. The van der Waals surface area contributed by atoms with Crippen molar-refractivity contribution in [3.63, 3.8) is 0 Å². The van der Waals surface area contributed by atoms with Gasteiger partial charge in [0.25, 0.3) is 16.0 Å². The number of carbonyl (C=O) groups is 2. The predicted molar refractivity (Wildman–Crippen MR) is 136 cm³/mol. The molecule has 2 aliphatic rings. The summed E-state index contributed by atoms with van der Waals surface area (Å²) in [7, 11) is -2.90. The number of Topliss-reactive ketones (excluding diaryl/α,β-unsaturated/α-hetero) is 1. The lowest BCUT2D eigenvalue weighted by molar-refractivity contribution is -0.128. The van der Waals surface area contributed by atoms with Crippen molar-refractivity contribution in [2.75, 3.05) is 12.8 Å². The molecule has 0 radical (unpaired) electrons. The highest BCUT2D eigenvalue weighted by molar-refractivity contribution is 7.86. The summed E-state index contributed by atoms with van der Waals surface area (Å²) in [6.07, 6.45) is 1.77. The van der Waals surface area contributed by atoms with Gasteiger partial charge in [-0.25, -0.2) is 5.06 Å². The van der Waals surface area contributed by atoms with Gasteiger partial charge in [-0.05, 0) is 71.3 Å². The van der Waals surface area contributed by atoms with Crippen molar-refractivity contribution < 1.29 is 27.0 Å². The lowest BCUT2D eigenvalue weighted by atomic mass is 9.70. The molecule has 188 valence electrons. The predicted octanol–water partition coefficient (Wildman–Crippen LogP) is 5.36. The summed E-state index contributed by atoms with van der Waals surface area (Å²) in [4.78, 5) is 25.7. The third-order valence-corrected chi connectivity index (χ3v) is 9.41. The average molecular weight is 508 g/mol. The number of carbonyl (C=O) groups excluding carboxylic acids is 2. The molecule has 8 heteroatoms. The van der Waals surface area contributed by atoms with E-state index in [0.717, 1.165) is 28.0 Å². The molecule has 36 heavy (non-hydrogen) atoms. The van der Waals surface area contributed by atoms with Crippen molar-refractivity contribution in [1.82, 2.24) is 5.06 Å². The Hall–Kier alpha value is -3.23. The minimum absolute atomic E-state index is 0.0185. The molecule has 2 unspecified atom stereocenters. The molecule has 0 aliphatic heterocycles. The fourth-order valence-electron chi connectivity index (χ4n) is 5.87. The van der Waals surface area contributed by atoms with E-state index in [1.165, 1.54) is 7.05 Å². The second-order valence-corrected chi connectivity index (χ2v) is 11.9. The molecular formula is C28H29NO6S. The van der Waals surface area contributed by atoms with Crippen molar-refractivity contribution in [3.8, 4) is 11.5 Å². The highest BCUT2D eigenvalue weighted by atomic mass is 32.2. The first kappa shape index (κ1) is 24.5. The summed E-state index contributed by atoms with van der Waals surface area (Å²) in [5.74, 6) is 0.549. The SMILES string of the molecule is CN(OS(=O)(=O)CC12CCC(CC1=O)C2(C)C)C(=O)c1ccc2cc(Oc3ccccc3)ccc2c1. The fraction of sp³-hybridized carbons (Fsp3) is 0.357. The van der Waals surface area contributed by atoms with Gasteiger partial charge in [0.05, 0.1) is 11.2 Å². The molecule has 0 aromatic heterocycles. The Bertz CT molecular complexity index is 1450. The molecule has 2 bridgehead atoms. The Morgan fingerprint density at radius 2 is 1.69 bits per heavy atom. The minimum atomic E-state index is -4.18. The summed E-state index contributed by atoms with van der Waals surface area (Å²) in [6, 6.07) is 20.0. The molecule has 2 saturated carbocycles. The van der Waals surface area contributed by atoms with Gasteiger partial charge in [-0.15, -0.1) is 4.28 Å². The van der Waals surface area contributed by atoms with Crippen LogP contribution in [-0.4, -0.2) is 38.0 Å². The van der Waals surface area contributed by atoms with E-state index in [0.29, 0.717) is 18.6 Å². The van der Waals surface area contributed by atoms with Crippen LogP contribution in [0.5, 0.6) is 11.5 Å². The van der Waals surface area contributed by atoms with E-state index in [1.807, 2.05) is 62.4 Å². The maximum atomic E-state index is 13.0. The molecule has 0 N–H and O–H groups in total. The summed E-state index contributed by atoms with van der Waals surface area (Å²) in [5.41, 5.74) is -1.08. The molecular weight excluding hydrogens is 478 g/mol. The van der Waals surface area contributed by atoms with E-state index >= 15 is 0 Å². The van der Waals surface area contributed by atoms with E-state index in [1.54, 1.807) is 18.2 Å². The van der Waals surface area contributed by atoms with E-state index in [4.69, 9.17) is 9.02 Å². The number of benzene rings is 3. The molecule has 2 aliphatic carbocycles. The first-order chi connectivity index (χ1) is 17.0. The van der Waals surface area contributed by atoms with Crippen molar-refractivity contribution >= 4 is 32.6 Å². The largest absolute Gasteiger partial charge is 0.457 e. The minimum Gasteiger partial charge on any atom is -0.457 e. The van der Waals surface area contributed by atoms with Gasteiger partial charge in [-0.2, -0.15) is 8.42 Å². The number of hydrogen-bond donors (Lipinski definition) is 0. The second-order valence-electron chi connectivity index (χ2n) is 10.4. The van der Waals surface area contributed by atoms with Crippen molar-refractivity contribution in [1.29, 1.82) is 0 Å². The molecule has 0 heterocycles.